The van der Waals surface area contributed by atoms with Crippen molar-refractivity contribution in [3.63, 3.8) is 0 Å². The van der Waals surface area contributed by atoms with Gasteiger partial charge in [0, 0.05) is 37.8 Å². The van der Waals surface area contributed by atoms with Gasteiger partial charge in [-0.3, -0.25) is 4.79 Å². The van der Waals surface area contributed by atoms with Crippen molar-refractivity contribution < 1.29 is 9.53 Å². The van der Waals surface area contributed by atoms with Crippen LogP contribution in [0.15, 0.2) is 42.7 Å². The number of rotatable bonds is 5. The highest BCUT2D eigenvalue weighted by Crippen LogP contribution is 2.15. The Hall–Kier alpha value is -2.47. The lowest BCUT2D eigenvalue weighted by Gasteiger charge is -2.23. The van der Waals surface area contributed by atoms with Crippen LogP contribution in [0.2, 0.25) is 0 Å². The SMILES string of the molecule is CNc1cc(C[C@@H]2COCCN(C(=O)Cc3ccccc3)C2)ncn1. The first-order chi connectivity index (χ1) is 12.2. The molecule has 132 valence electrons. The van der Waals surface area contributed by atoms with Crippen LogP contribution in [-0.2, 0) is 22.4 Å². The van der Waals surface area contributed by atoms with E-state index in [-0.39, 0.29) is 11.8 Å². The molecule has 0 aliphatic carbocycles. The first-order valence-corrected chi connectivity index (χ1v) is 8.62. The molecule has 1 aromatic carbocycles. The molecule has 2 heterocycles. The molecule has 0 saturated carbocycles. The summed E-state index contributed by atoms with van der Waals surface area (Å²) in [5.41, 5.74) is 2.01. The van der Waals surface area contributed by atoms with Crippen LogP contribution >= 0.6 is 0 Å². The van der Waals surface area contributed by atoms with E-state index >= 15 is 0 Å². The number of carbonyl (C=O) groups excluding carboxylic acids is 1. The van der Waals surface area contributed by atoms with E-state index in [0.717, 1.165) is 23.5 Å². The monoisotopic (exact) mass is 340 g/mol. The third kappa shape index (κ3) is 5.00. The van der Waals surface area contributed by atoms with E-state index in [1.165, 1.54) is 0 Å². The minimum atomic E-state index is 0.153. The van der Waals surface area contributed by atoms with Crippen molar-refractivity contribution in [3.8, 4) is 0 Å². The van der Waals surface area contributed by atoms with Gasteiger partial charge in [0.25, 0.3) is 0 Å². The van der Waals surface area contributed by atoms with Crippen molar-refractivity contribution in [1.29, 1.82) is 0 Å². The zero-order valence-corrected chi connectivity index (χ0v) is 14.5. The van der Waals surface area contributed by atoms with Gasteiger partial charge < -0.3 is 15.0 Å². The summed E-state index contributed by atoms with van der Waals surface area (Å²) in [6.45, 7) is 2.58. The maximum Gasteiger partial charge on any atom is 0.227 e. The van der Waals surface area contributed by atoms with Gasteiger partial charge in [-0.05, 0) is 12.0 Å². The summed E-state index contributed by atoms with van der Waals surface area (Å²) in [5, 5.41) is 3.02. The summed E-state index contributed by atoms with van der Waals surface area (Å²) >= 11 is 0. The maximum atomic E-state index is 12.7. The van der Waals surface area contributed by atoms with Crippen molar-refractivity contribution in [1.82, 2.24) is 14.9 Å². The number of carbonyl (C=O) groups is 1. The van der Waals surface area contributed by atoms with Crippen molar-refractivity contribution >= 4 is 11.7 Å². The first kappa shape index (κ1) is 17.4. The normalized spacial score (nSPS) is 17.8. The van der Waals surface area contributed by atoms with Crippen molar-refractivity contribution in [2.24, 2.45) is 5.92 Å². The van der Waals surface area contributed by atoms with E-state index in [4.69, 9.17) is 4.74 Å². The summed E-state index contributed by atoms with van der Waals surface area (Å²) in [6, 6.07) is 11.8. The Morgan fingerprint density at radius 2 is 2.16 bits per heavy atom. The van der Waals surface area contributed by atoms with Crippen molar-refractivity contribution in [2.45, 2.75) is 12.8 Å². The van der Waals surface area contributed by atoms with Gasteiger partial charge in [-0.25, -0.2) is 9.97 Å². The lowest BCUT2D eigenvalue weighted by Crippen LogP contribution is -2.37. The molecule has 6 nitrogen and oxygen atoms in total. The minimum Gasteiger partial charge on any atom is -0.379 e. The average molecular weight is 340 g/mol. The Kier molecular flexibility index (Phi) is 5.95. The molecule has 6 heteroatoms. The number of anilines is 1. The third-order valence-electron chi connectivity index (χ3n) is 4.37. The van der Waals surface area contributed by atoms with Crippen LogP contribution in [0.1, 0.15) is 11.3 Å². The van der Waals surface area contributed by atoms with Crippen LogP contribution < -0.4 is 5.32 Å². The molecule has 0 spiro atoms. The highest BCUT2D eigenvalue weighted by molar-refractivity contribution is 5.78. The van der Waals surface area contributed by atoms with Gasteiger partial charge in [0.1, 0.15) is 12.1 Å². The quantitative estimate of drug-likeness (QED) is 0.899. The van der Waals surface area contributed by atoms with Crippen LogP contribution in [0.3, 0.4) is 0 Å². The van der Waals surface area contributed by atoms with E-state index in [9.17, 15) is 4.79 Å². The average Bonchev–Trinajstić information content (AvgIpc) is 2.88. The molecule has 1 aromatic heterocycles. The second-order valence-electron chi connectivity index (χ2n) is 6.29. The second kappa shape index (κ2) is 8.58. The zero-order chi connectivity index (χ0) is 17.5. The van der Waals surface area contributed by atoms with Crippen molar-refractivity contribution in [3.05, 3.63) is 54.0 Å². The predicted octanol–water partition coefficient (Wildman–Crippen LogP) is 1.78. The van der Waals surface area contributed by atoms with Gasteiger partial charge in [0.15, 0.2) is 0 Å². The Morgan fingerprint density at radius 3 is 2.96 bits per heavy atom. The second-order valence-corrected chi connectivity index (χ2v) is 6.29. The van der Waals surface area contributed by atoms with Gasteiger partial charge >= 0.3 is 0 Å². The Bertz CT molecular complexity index is 693. The maximum absolute atomic E-state index is 12.7. The number of hydrogen-bond donors (Lipinski definition) is 1. The van der Waals surface area contributed by atoms with Gasteiger partial charge in [-0.15, -0.1) is 0 Å². The molecule has 0 bridgehead atoms. The molecule has 0 radical (unpaired) electrons. The molecule has 3 rings (SSSR count). The number of nitrogens with zero attached hydrogens (tertiary/aromatic N) is 3. The minimum absolute atomic E-state index is 0.153. The summed E-state index contributed by atoms with van der Waals surface area (Å²) in [7, 11) is 1.84. The number of ether oxygens (including phenoxy) is 1. The van der Waals surface area contributed by atoms with E-state index in [1.54, 1.807) is 6.33 Å². The van der Waals surface area contributed by atoms with Gasteiger partial charge in [0.05, 0.1) is 19.6 Å². The van der Waals surface area contributed by atoms with Crippen LogP contribution in [0.4, 0.5) is 5.82 Å². The smallest absolute Gasteiger partial charge is 0.227 e. The zero-order valence-electron chi connectivity index (χ0n) is 14.5. The number of nitrogens with one attached hydrogen (secondary N) is 1. The molecule has 1 saturated heterocycles. The fourth-order valence-corrected chi connectivity index (χ4v) is 3.05. The number of benzene rings is 1. The summed E-state index contributed by atoms with van der Waals surface area (Å²) < 4.78 is 5.71. The summed E-state index contributed by atoms with van der Waals surface area (Å²) in [4.78, 5) is 23.1. The molecular formula is C19H24N4O2. The topological polar surface area (TPSA) is 67.3 Å². The molecule has 2 aromatic rings. The molecule has 1 amide bonds. The van der Waals surface area contributed by atoms with Crippen LogP contribution in [0.25, 0.3) is 0 Å². The lowest BCUT2D eigenvalue weighted by atomic mass is 10.0. The van der Waals surface area contributed by atoms with E-state index < -0.39 is 0 Å². The Balaban J connectivity index is 1.62. The largest absolute Gasteiger partial charge is 0.379 e. The molecule has 1 aliphatic rings. The molecule has 1 aliphatic heterocycles. The fraction of sp³-hybridized carbons (Fsp3) is 0.421. The predicted molar refractivity (Wildman–Crippen MR) is 96.3 cm³/mol. The van der Waals surface area contributed by atoms with Crippen LogP contribution in [0, 0.1) is 5.92 Å². The molecule has 25 heavy (non-hydrogen) atoms. The first-order valence-electron chi connectivity index (χ1n) is 8.62. The van der Waals surface area contributed by atoms with Crippen LogP contribution in [-0.4, -0.2) is 54.1 Å². The molecule has 1 fully saturated rings. The number of amides is 1. The molecule has 0 unspecified atom stereocenters. The highest BCUT2D eigenvalue weighted by Gasteiger charge is 2.23. The number of hydrogen-bond acceptors (Lipinski definition) is 5. The van der Waals surface area contributed by atoms with E-state index in [2.05, 4.69) is 15.3 Å². The Labute approximate surface area is 148 Å². The fourth-order valence-electron chi connectivity index (χ4n) is 3.05. The molecular weight excluding hydrogens is 316 g/mol. The highest BCUT2D eigenvalue weighted by atomic mass is 16.5. The standard InChI is InChI=1S/C19H24N4O2/c1-20-18-11-17(21-14-22-18)9-16-12-23(7-8-25-13-16)19(24)10-15-5-3-2-4-6-15/h2-6,11,14,16H,7-10,12-13H2,1H3,(H,20,21,22)/t16-/m0/s1. The van der Waals surface area contributed by atoms with Gasteiger partial charge in [0.2, 0.25) is 5.91 Å². The van der Waals surface area contributed by atoms with E-state index in [1.807, 2.05) is 48.3 Å². The van der Waals surface area contributed by atoms with Gasteiger partial charge in [-0.2, -0.15) is 0 Å². The van der Waals surface area contributed by atoms with Gasteiger partial charge in [-0.1, -0.05) is 30.3 Å². The van der Waals surface area contributed by atoms with E-state index in [0.29, 0.717) is 32.7 Å². The summed E-state index contributed by atoms with van der Waals surface area (Å²) in [6.07, 6.45) is 2.77. The number of aromatic nitrogens is 2. The Morgan fingerprint density at radius 1 is 1.32 bits per heavy atom. The molecule has 1 atom stereocenters. The lowest BCUT2D eigenvalue weighted by molar-refractivity contribution is -0.130. The molecule has 1 N–H and O–H groups in total. The third-order valence-corrected chi connectivity index (χ3v) is 4.37. The van der Waals surface area contributed by atoms with Crippen LogP contribution in [0.5, 0.6) is 0 Å². The summed E-state index contributed by atoms with van der Waals surface area (Å²) in [5.74, 6) is 1.19. The van der Waals surface area contributed by atoms with Crippen molar-refractivity contribution in [2.75, 3.05) is 38.7 Å².